The van der Waals surface area contributed by atoms with E-state index in [0.29, 0.717) is 11.3 Å². The maximum Gasteiger partial charge on any atom is 0.278 e. The number of anilines is 1. The van der Waals surface area contributed by atoms with Crippen LogP contribution in [0.15, 0.2) is 36.9 Å². The van der Waals surface area contributed by atoms with Gasteiger partial charge in [-0.05, 0) is 18.6 Å². The van der Waals surface area contributed by atoms with Crippen LogP contribution >= 0.6 is 0 Å². The highest BCUT2D eigenvalue weighted by atomic mass is 16.6. The predicted molar refractivity (Wildman–Crippen MR) is 84.0 cm³/mol. The highest BCUT2D eigenvalue weighted by Gasteiger charge is 2.77. The molecule has 1 saturated carbocycles. The van der Waals surface area contributed by atoms with Gasteiger partial charge in [-0.25, -0.2) is 0 Å². The molecule has 24 heavy (non-hydrogen) atoms. The molecule has 1 aromatic rings. The second-order valence-electron chi connectivity index (χ2n) is 6.13. The lowest BCUT2D eigenvalue weighted by atomic mass is 9.78. The zero-order chi connectivity index (χ0) is 17.7. The first-order chi connectivity index (χ1) is 11.4. The van der Waals surface area contributed by atoms with E-state index in [1.54, 1.807) is 24.3 Å². The van der Waals surface area contributed by atoms with Gasteiger partial charge in [0.2, 0.25) is 5.91 Å². The van der Waals surface area contributed by atoms with Crippen molar-refractivity contribution in [1.82, 2.24) is 0 Å². The quantitative estimate of drug-likeness (QED) is 0.470. The van der Waals surface area contributed by atoms with Crippen LogP contribution in [-0.2, 0) is 10.3 Å². The molecule has 7 heteroatoms. The van der Waals surface area contributed by atoms with Gasteiger partial charge in [0.15, 0.2) is 5.41 Å². The Kier molecular flexibility index (Phi) is 3.21. The number of carbonyl (C=O) groups is 1. The third-order valence-corrected chi connectivity index (χ3v) is 5.17. The fourth-order valence-corrected chi connectivity index (χ4v) is 4.30. The lowest BCUT2D eigenvalue weighted by Crippen LogP contribution is -2.55. The monoisotopic (exact) mass is 322 g/mol. The molecule has 2 aliphatic rings. The van der Waals surface area contributed by atoms with E-state index in [4.69, 9.17) is 0 Å². The van der Waals surface area contributed by atoms with Gasteiger partial charge in [-0.2, -0.15) is 10.5 Å². The Morgan fingerprint density at radius 1 is 1.46 bits per heavy atom. The van der Waals surface area contributed by atoms with Crippen LogP contribution in [0, 0.1) is 44.1 Å². The van der Waals surface area contributed by atoms with Crippen molar-refractivity contribution in [2.45, 2.75) is 24.9 Å². The van der Waals surface area contributed by atoms with Gasteiger partial charge in [-0.1, -0.05) is 18.2 Å². The smallest absolute Gasteiger partial charge is 0.278 e. The number of nitrogens with zero attached hydrogens (tertiary/aromatic N) is 4. The molecule has 1 amide bonds. The fourth-order valence-electron chi connectivity index (χ4n) is 4.30. The molecule has 0 N–H and O–H groups in total. The minimum absolute atomic E-state index is 0.0345. The summed E-state index contributed by atoms with van der Waals surface area (Å²) in [6, 6.07) is 9.26. The molecule has 7 nitrogen and oxygen atoms in total. The van der Waals surface area contributed by atoms with Crippen LogP contribution in [0.4, 0.5) is 5.69 Å². The molecule has 1 heterocycles. The highest BCUT2D eigenvalue weighted by molar-refractivity contribution is 5.96. The Hall–Kier alpha value is -3.19. The molecule has 120 valence electrons. The second kappa shape index (κ2) is 4.90. The normalized spacial score (nSPS) is 29.0. The number of nitro groups is 1. The summed E-state index contributed by atoms with van der Waals surface area (Å²) in [6.45, 7) is 4.97. The molecule has 3 atom stereocenters. The number of fused-ring (bicyclic) bond motifs is 3. The zero-order valence-corrected chi connectivity index (χ0v) is 13.0. The lowest BCUT2D eigenvalue weighted by Gasteiger charge is -2.31. The van der Waals surface area contributed by atoms with E-state index >= 15 is 0 Å². The first-order valence-corrected chi connectivity index (χ1v) is 7.39. The molecule has 0 radical (unpaired) electrons. The summed E-state index contributed by atoms with van der Waals surface area (Å²) >= 11 is 0. The minimum Gasteiger partial charge on any atom is -0.299 e. The third-order valence-electron chi connectivity index (χ3n) is 5.17. The molecular formula is C17H14N4O3. The maximum atomic E-state index is 12.3. The van der Waals surface area contributed by atoms with Crippen molar-refractivity contribution in [2.75, 3.05) is 4.90 Å². The number of hydrogen-bond acceptors (Lipinski definition) is 5. The van der Waals surface area contributed by atoms with Gasteiger partial charge in [0.05, 0.1) is 29.3 Å². The fraction of sp³-hybridized carbons (Fsp3) is 0.353. The van der Waals surface area contributed by atoms with Crippen LogP contribution in [-0.4, -0.2) is 16.9 Å². The van der Waals surface area contributed by atoms with Gasteiger partial charge in [0, 0.05) is 11.8 Å². The summed E-state index contributed by atoms with van der Waals surface area (Å²) in [7, 11) is 0. The number of rotatable bonds is 2. The van der Waals surface area contributed by atoms with E-state index in [0.717, 1.165) is 0 Å². The Morgan fingerprint density at radius 3 is 2.58 bits per heavy atom. The summed E-state index contributed by atoms with van der Waals surface area (Å²) in [5.41, 5.74) is -2.67. The van der Waals surface area contributed by atoms with Crippen LogP contribution in [0.25, 0.3) is 0 Å². The number of para-hydroxylation sites is 1. The van der Waals surface area contributed by atoms with Crippen LogP contribution in [0.3, 0.4) is 0 Å². The summed E-state index contributed by atoms with van der Waals surface area (Å²) in [4.78, 5) is 25.3. The van der Waals surface area contributed by atoms with Crippen molar-refractivity contribution in [2.24, 2.45) is 11.3 Å². The van der Waals surface area contributed by atoms with E-state index in [-0.39, 0.29) is 6.42 Å². The maximum absolute atomic E-state index is 12.3. The minimum atomic E-state index is -1.74. The SMILES string of the molecule is C=C[C@H]1CC(C#N)(C#N)[C@@H]2N(C(C)=O)c3ccccc3[C@]12[N+](=O)[O-]. The average Bonchev–Trinajstić information content (AvgIpc) is 3.04. The van der Waals surface area contributed by atoms with E-state index in [9.17, 15) is 25.4 Å². The Bertz CT molecular complexity index is 836. The third kappa shape index (κ3) is 1.51. The number of benzene rings is 1. The van der Waals surface area contributed by atoms with E-state index < -0.39 is 33.7 Å². The Labute approximate surface area is 138 Å². The Morgan fingerprint density at radius 2 is 2.08 bits per heavy atom. The number of hydrogen-bond donors (Lipinski definition) is 0. The van der Waals surface area contributed by atoms with Crippen molar-refractivity contribution < 1.29 is 9.72 Å². The molecule has 0 bridgehead atoms. The lowest BCUT2D eigenvalue weighted by molar-refractivity contribution is -0.585. The van der Waals surface area contributed by atoms with E-state index in [2.05, 4.69) is 6.58 Å². The summed E-state index contributed by atoms with van der Waals surface area (Å²) in [6.07, 6.45) is 1.39. The average molecular weight is 322 g/mol. The van der Waals surface area contributed by atoms with Crippen LogP contribution < -0.4 is 4.90 Å². The first kappa shape index (κ1) is 15.7. The first-order valence-electron chi connectivity index (χ1n) is 7.39. The van der Waals surface area contributed by atoms with Crippen molar-refractivity contribution in [3.63, 3.8) is 0 Å². The second-order valence-corrected chi connectivity index (χ2v) is 6.13. The van der Waals surface area contributed by atoms with Gasteiger partial charge >= 0.3 is 0 Å². The van der Waals surface area contributed by atoms with Gasteiger partial charge < -0.3 is 0 Å². The van der Waals surface area contributed by atoms with E-state index in [1.165, 1.54) is 17.9 Å². The van der Waals surface area contributed by atoms with Crippen LogP contribution in [0.5, 0.6) is 0 Å². The van der Waals surface area contributed by atoms with Crippen LogP contribution in [0.2, 0.25) is 0 Å². The van der Waals surface area contributed by atoms with Gasteiger partial charge in [0.1, 0.15) is 6.04 Å². The number of amides is 1. The van der Waals surface area contributed by atoms with Crippen LogP contribution in [0.1, 0.15) is 18.9 Å². The molecule has 1 aromatic carbocycles. The number of carbonyl (C=O) groups excluding carboxylic acids is 1. The number of nitriles is 2. The Balaban J connectivity index is 2.46. The molecule has 0 unspecified atom stereocenters. The van der Waals surface area contributed by atoms with Gasteiger partial charge in [-0.15, -0.1) is 6.58 Å². The molecule has 0 saturated heterocycles. The summed E-state index contributed by atoms with van der Waals surface area (Å²) in [5, 5.41) is 31.6. The standard InChI is InChI=1S/C17H14N4O3/c1-3-12-8-16(9-18,10-19)15-17(12,21(23)24)13-6-4-5-7-14(13)20(15)11(2)22/h3-7,12,15H,1,8H2,2H3/t12-,15-,17+/m0/s1. The zero-order valence-electron chi connectivity index (χ0n) is 13.0. The van der Waals surface area contributed by atoms with Crippen molar-refractivity contribution >= 4 is 11.6 Å². The molecule has 3 rings (SSSR count). The van der Waals surface area contributed by atoms with Gasteiger partial charge in [-0.3, -0.25) is 19.8 Å². The predicted octanol–water partition coefficient (Wildman–Crippen LogP) is 2.13. The van der Waals surface area contributed by atoms with E-state index in [1.807, 2.05) is 12.1 Å². The molecule has 1 aliphatic carbocycles. The van der Waals surface area contributed by atoms with Crippen molar-refractivity contribution in [3.8, 4) is 12.1 Å². The molecule has 1 fully saturated rings. The van der Waals surface area contributed by atoms with Gasteiger partial charge in [0.25, 0.3) is 5.54 Å². The molecule has 0 spiro atoms. The van der Waals surface area contributed by atoms with Crippen molar-refractivity contribution in [1.29, 1.82) is 10.5 Å². The topological polar surface area (TPSA) is 111 Å². The molecular weight excluding hydrogens is 308 g/mol. The van der Waals surface area contributed by atoms with Crippen molar-refractivity contribution in [3.05, 3.63) is 52.6 Å². The summed E-state index contributed by atoms with van der Waals surface area (Å²) in [5.74, 6) is -1.17. The molecule has 0 aromatic heterocycles. The highest BCUT2D eigenvalue weighted by Crippen LogP contribution is 2.63. The molecule has 1 aliphatic heterocycles. The summed E-state index contributed by atoms with van der Waals surface area (Å²) < 4.78 is 0. The largest absolute Gasteiger partial charge is 0.299 e.